The van der Waals surface area contributed by atoms with E-state index in [1.165, 1.54) is 21.6 Å². The highest BCUT2D eigenvalue weighted by molar-refractivity contribution is 9.09. The van der Waals surface area contributed by atoms with Crippen LogP contribution in [0.25, 0.3) is 0 Å². The Morgan fingerprint density at radius 1 is 1.05 bits per heavy atom. The van der Waals surface area contributed by atoms with Crippen LogP contribution in [0.15, 0.2) is 41.3 Å². The van der Waals surface area contributed by atoms with Gasteiger partial charge >= 0.3 is 0 Å². The molecule has 0 nitrogen and oxygen atoms in total. The number of halogens is 2. The van der Waals surface area contributed by atoms with Crippen LogP contribution in [-0.4, -0.2) is 6.26 Å². The van der Waals surface area contributed by atoms with E-state index in [9.17, 15) is 0 Å². The summed E-state index contributed by atoms with van der Waals surface area (Å²) in [4.78, 5) is 1.40. The summed E-state index contributed by atoms with van der Waals surface area (Å²) in [5, 5.41) is 0.820. The molecule has 3 heteroatoms. The lowest BCUT2D eigenvalue weighted by atomic mass is 10.00. The fourth-order valence-corrected chi connectivity index (χ4v) is 4.07. The number of aryl methyl sites for hydroxylation is 2. The van der Waals surface area contributed by atoms with Crippen LogP contribution < -0.4 is 0 Å². The second-order valence-electron chi connectivity index (χ2n) is 4.56. The highest BCUT2D eigenvalue weighted by atomic mass is 79.9. The van der Waals surface area contributed by atoms with Crippen molar-refractivity contribution in [1.29, 1.82) is 0 Å². The van der Waals surface area contributed by atoms with Gasteiger partial charge in [0.25, 0.3) is 0 Å². The van der Waals surface area contributed by atoms with Crippen LogP contribution >= 0.6 is 39.3 Å². The van der Waals surface area contributed by atoms with Gasteiger partial charge in [-0.1, -0.05) is 51.8 Å². The molecule has 0 amide bonds. The molecule has 0 fully saturated rings. The summed E-state index contributed by atoms with van der Waals surface area (Å²) in [6.45, 7) is 4.21. The fraction of sp³-hybridized carbons (Fsp3) is 0.250. The van der Waals surface area contributed by atoms with Crippen LogP contribution in [0.1, 0.15) is 27.1 Å². The monoisotopic (exact) mass is 354 g/mol. The van der Waals surface area contributed by atoms with Gasteiger partial charge in [0, 0.05) is 9.92 Å². The molecule has 0 spiro atoms. The molecule has 100 valence electrons. The highest BCUT2D eigenvalue weighted by Crippen LogP contribution is 2.40. The zero-order chi connectivity index (χ0) is 14.0. The van der Waals surface area contributed by atoms with Gasteiger partial charge in [0.05, 0.1) is 4.83 Å². The van der Waals surface area contributed by atoms with Crippen molar-refractivity contribution in [1.82, 2.24) is 0 Å². The second-order valence-corrected chi connectivity index (χ2v) is 6.73. The van der Waals surface area contributed by atoms with E-state index in [-0.39, 0.29) is 4.83 Å². The Labute approximate surface area is 132 Å². The summed E-state index contributed by atoms with van der Waals surface area (Å²) in [6.07, 6.45) is 2.10. The number of hydrogen-bond donors (Lipinski definition) is 0. The summed E-state index contributed by atoms with van der Waals surface area (Å²) < 4.78 is 0. The minimum atomic E-state index is 0.128. The lowest BCUT2D eigenvalue weighted by molar-refractivity contribution is 1.10. The summed E-state index contributed by atoms with van der Waals surface area (Å²) in [5.41, 5.74) is 4.89. The minimum Gasteiger partial charge on any atom is -0.129 e. The molecule has 0 saturated heterocycles. The summed E-state index contributed by atoms with van der Waals surface area (Å²) in [6, 6.07) is 12.6. The van der Waals surface area contributed by atoms with Crippen LogP contribution in [0.4, 0.5) is 0 Å². The standard InChI is InChI=1S/C16H16BrClS/c1-10-8-13(14(18)9-11(10)2)16(17)12-6-4-5-7-15(12)19-3/h4-9,16H,1-3H3. The molecular weight excluding hydrogens is 340 g/mol. The van der Waals surface area contributed by atoms with Gasteiger partial charge in [-0.3, -0.25) is 0 Å². The highest BCUT2D eigenvalue weighted by Gasteiger charge is 2.17. The maximum absolute atomic E-state index is 6.40. The zero-order valence-electron chi connectivity index (χ0n) is 11.2. The molecule has 1 unspecified atom stereocenters. The number of benzene rings is 2. The third-order valence-corrected chi connectivity index (χ3v) is 5.42. The van der Waals surface area contributed by atoms with Crippen LogP contribution in [0, 0.1) is 13.8 Å². The Kier molecular flexibility index (Phi) is 4.99. The first-order valence-corrected chi connectivity index (χ1v) is 8.60. The van der Waals surface area contributed by atoms with E-state index in [0.717, 1.165) is 10.6 Å². The van der Waals surface area contributed by atoms with Gasteiger partial charge in [-0.05, 0) is 54.5 Å². The van der Waals surface area contributed by atoms with E-state index in [2.05, 4.69) is 66.4 Å². The topological polar surface area (TPSA) is 0 Å². The van der Waals surface area contributed by atoms with E-state index in [0.29, 0.717) is 0 Å². The Balaban J connectivity index is 2.50. The van der Waals surface area contributed by atoms with Gasteiger partial charge in [0.1, 0.15) is 0 Å². The third kappa shape index (κ3) is 3.18. The second kappa shape index (κ2) is 6.34. The van der Waals surface area contributed by atoms with Crippen molar-refractivity contribution in [2.45, 2.75) is 23.6 Å². The Hall–Kier alpha value is -0.440. The van der Waals surface area contributed by atoms with Crippen LogP contribution in [0.2, 0.25) is 5.02 Å². The molecule has 0 bridgehead atoms. The predicted molar refractivity (Wildman–Crippen MR) is 89.9 cm³/mol. The van der Waals surface area contributed by atoms with Crippen molar-refractivity contribution in [3.8, 4) is 0 Å². The summed E-state index contributed by atoms with van der Waals surface area (Å²) in [7, 11) is 0. The normalized spacial score (nSPS) is 12.5. The third-order valence-electron chi connectivity index (χ3n) is 3.30. The van der Waals surface area contributed by atoms with E-state index < -0.39 is 0 Å². The lowest BCUT2D eigenvalue weighted by Gasteiger charge is -2.17. The molecule has 1 atom stereocenters. The molecular formula is C16H16BrClS. The van der Waals surface area contributed by atoms with Crippen molar-refractivity contribution in [2.75, 3.05) is 6.26 Å². The van der Waals surface area contributed by atoms with Crippen LogP contribution in [0.5, 0.6) is 0 Å². The summed E-state index contributed by atoms with van der Waals surface area (Å²) in [5.74, 6) is 0. The molecule has 0 aliphatic rings. The van der Waals surface area contributed by atoms with Crippen molar-refractivity contribution in [3.63, 3.8) is 0 Å². The maximum Gasteiger partial charge on any atom is 0.0670 e. The number of hydrogen-bond acceptors (Lipinski definition) is 1. The molecule has 0 radical (unpaired) electrons. The molecule has 19 heavy (non-hydrogen) atoms. The lowest BCUT2D eigenvalue weighted by Crippen LogP contribution is -1.97. The molecule has 0 N–H and O–H groups in total. The minimum absolute atomic E-state index is 0.128. The smallest absolute Gasteiger partial charge is 0.0670 e. The molecule has 0 saturated carbocycles. The van der Waals surface area contributed by atoms with Gasteiger partial charge in [-0.2, -0.15) is 0 Å². The van der Waals surface area contributed by atoms with Gasteiger partial charge in [0.2, 0.25) is 0 Å². The molecule has 0 aliphatic carbocycles. The van der Waals surface area contributed by atoms with Gasteiger partial charge in [0.15, 0.2) is 0 Å². The van der Waals surface area contributed by atoms with Gasteiger partial charge < -0.3 is 0 Å². The van der Waals surface area contributed by atoms with Crippen molar-refractivity contribution >= 4 is 39.3 Å². The SMILES string of the molecule is CSc1ccccc1C(Br)c1cc(C)c(C)cc1Cl. The average molecular weight is 356 g/mol. The van der Waals surface area contributed by atoms with Gasteiger partial charge in [-0.25, -0.2) is 0 Å². The number of rotatable bonds is 3. The first kappa shape index (κ1) is 15.0. The maximum atomic E-state index is 6.40. The Morgan fingerprint density at radius 3 is 2.37 bits per heavy atom. The largest absolute Gasteiger partial charge is 0.129 e. The first-order valence-electron chi connectivity index (χ1n) is 6.08. The van der Waals surface area contributed by atoms with Crippen molar-refractivity contribution < 1.29 is 0 Å². The molecule has 2 aromatic carbocycles. The zero-order valence-corrected chi connectivity index (χ0v) is 14.4. The van der Waals surface area contributed by atoms with E-state index in [4.69, 9.17) is 11.6 Å². The number of thioether (sulfide) groups is 1. The summed E-state index contributed by atoms with van der Waals surface area (Å²) >= 11 is 12.0. The Bertz CT molecular complexity index is 595. The predicted octanol–water partition coefficient (Wildman–Crippen LogP) is 6.16. The fourth-order valence-electron chi connectivity index (χ4n) is 2.04. The molecule has 0 aliphatic heterocycles. The molecule has 0 aromatic heterocycles. The van der Waals surface area contributed by atoms with E-state index in [1.807, 2.05) is 6.07 Å². The molecule has 2 aromatic rings. The van der Waals surface area contributed by atoms with Gasteiger partial charge in [-0.15, -0.1) is 11.8 Å². The Morgan fingerprint density at radius 2 is 1.68 bits per heavy atom. The van der Waals surface area contributed by atoms with Crippen LogP contribution in [0.3, 0.4) is 0 Å². The molecule has 0 heterocycles. The average Bonchev–Trinajstić information content (AvgIpc) is 2.42. The first-order chi connectivity index (χ1) is 9.04. The van der Waals surface area contributed by atoms with E-state index >= 15 is 0 Å². The molecule has 2 rings (SSSR count). The van der Waals surface area contributed by atoms with Crippen molar-refractivity contribution in [2.24, 2.45) is 0 Å². The van der Waals surface area contributed by atoms with Crippen LogP contribution in [-0.2, 0) is 0 Å². The number of alkyl halides is 1. The van der Waals surface area contributed by atoms with Crippen molar-refractivity contribution in [3.05, 3.63) is 63.7 Å². The van der Waals surface area contributed by atoms with E-state index in [1.54, 1.807) is 11.8 Å². The quantitative estimate of drug-likeness (QED) is 0.469.